The molecule has 0 radical (unpaired) electrons. The zero-order chi connectivity index (χ0) is 25.0. The van der Waals surface area contributed by atoms with Crippen molar-refractivity contribution in [3.63, 3.8) is 0 Å². The SMILES string of the molecule is CCCC1CCC(C2CCC(c3ccc(C(=O)Oc4ccc(C(F)(F)F)c(F)c4)cc3)CC2)CC1. The maximum atomic E-state index is 13.7. The van der Waals surface area contributed by atoms with E-state index in [0.717, 1.165) is 36.7 Å². The molecule has 6 heteroatoms. The lowest BCUT2D eigenvalue weighted by Crippen LogP contribution is -2.25. The molecule has 0 bridgehead atoms. The van der Waals surface area contributed by atoms with Crippen LogP contribution in [0.4, 0.5) is 17.6 Å². The van der Waals surface area contributed by atoms with E-state index < -0.39 is 23.5 Å². The summed E-state index contributed by atoms with van der Waals surface area (Å²) < 4.78 is 57.0. The van der Waals surface area contributed by atoms with E-state index in [2.05, 4.69) is 6.92 Å². The number of hydrogen-bond donors (Lipinski definition) is 0. The molecule has 2 aliphatic rings. The molecule has 2 fully saturated rings. The van der Waals surface area contributed by atoms with E-state index in [1.807, 2.05) is 12.1 Å². The first-order valence-corrected chi connectivity index (χ1v) is 12.9. The van der Waals surface area contributed by atoms with Crippen LogP contribution in [0, 0.1) is 23.6 Å². The van der Waals surface area contributed by atoms with E-state index in [4.69, 9.17) is 4.74 Å². The number of rotatable bonds is 6. The lowest BCUT2D eigenvalue weighted by Gasteiger charge is -2.38. The van der Waals surface area contributed by atoms with Gasteiger partial charge in [-0.05, 0) is 92.0 Å². The number of alkyl halides is 3. The first-order valence-electron chi connectivity index (χ1n) is 12.9. The van der Waals surface area contributed by atoms with Crippen LogP contribution in [0.25, 0.3) is 0 Å². The quantitative estimate of drug-likeness (QED) is 0.229. The van der Waals surface area contributed by atoms with Crippen molar-refractivity contribution in [1.82, 2.24) is 0 Å². The van der Waals surface area contributed by atoms with Gasteiger partial charge in [0.15, 0.2) is 0 Å². The molecule has 0 unspecified atom stereocenters. The Morgan fingerprint density at radius 1 is 0.886 bits per heavy atom. The molecule has 0 atom stereocenters. The molecule has 4 rings (SSSR count). The van der Waals surface area contributed by atoms with Gasteiger partial charge in [-0.2, -0.15) is 13.2 Å². The second-order valence-corrected chi connectivity index (χ2v) is 10.3. The maximum absolute atomic E-state index is 13.7. The molecule has 2 aromatic rings. The van der Waals surface area contributed by atoms with Crippen LogP contribution in [0.3, 0.4) is 0 Å². The molecule has 0 amide bonds. The standard InChI is InChI=1S/C29H34F4O2/c1-2-3-19-4-6-20(7-5-19)21-8-10-22(11-9-21)23-12-14-24(15-13-23)28(34)35-25-16-17-26(27(30)18-25)29(31,32)33/h12-22H,2-11H2,1H3. The molecule has 2 nitrogen and oxygen atoms in total. The average Bonchev–Trinajstić information content (AvgIpc) is 2.84. The van der Waals surface area contributed by atoms with Crippen LogP contribution >= 0.6 is 0 Å². The predicted octanol–water partition coefficient (Wildman–Crippen LogP) is 8.94. The average molecular weight is 491 g/mol. The van der Waals surface area contributed by atoms with Crippen LogP contribution in [0.1, 0.15) is 98.5 Å². The Hall–Kier alpha value is -2.37. The van der Waals surface area contributed by atoms with E-state index in [0.29, 0.717) is 18.1 Å². The summed E-state index contributed by atoms with van der Waals surface area (Å²) in [5.41, 5.74) is 0.0966. The van der Waals surface area contributed by atoms with Gasteiger partial charge >= 0.3 is 12.1 Å². The zero-order valence-corrected chi connectivity index (χ0v) is 20.3. The Kier molecular flexibility index (Phi) is 8.18. The van der Waals surface area contributed by atoms with Crippen molar-refractivity contribution in [2.24, 2.45) is 17.8 Å². The highest BCUT2D eigenvalue weighted by molar-refractivity contribution is 5.91. The maximum Gasteiger partial charge on any atom is 0.419 e. The number of benzene rings is 2. The predicted molar refractivity (Wildman–Crippen MR) is 128 cm³/mol. The largest absolute Gasteiger partial charge is 0.423 e. The Balaban J connectivity index is 1.28. The van der Waals surface area contributed by atoms with Crippen LogP contribution in [0.2, 0.25) is 0 Å². The molecule has 2 saturated carbocycles. The summed E-state index contributed by atoms with van der Waals surface area (Å²) in [6.45, 7) is 2.28. The molecule has 2 aromatic carbocycles. The monoisotopic (exact) mass is 490 g/mol. The fraction of sp³-hybridized carbons (Fsp3) is 0.552. The molecule has 0 N–H and O–H groups in total. The molecule has 35 heavy (non-hydrogen) atoms. The number of esters is 1. The summed E-state index contributed by atoms with van der Waals surface area (Å²) in [5.74, 6) is 0.698. The fourth-order valence-corrected chi connectivity index (χ4v) is 6.13. The highest BCUT2D eigenvalue weighted by Crippen LogP contribution is 2.44. The molecule has 0 aliphatic heterocycles. The molecule has 0 saturated heterocycles. The number of ether oxygens (including phenoxy) is 1. The third-order valence-electron chi connectivity index (χ3n) is 8.10. The van der Waals surface area contributed by atoms with Gasteiger partial charge in [-0.3, -0.25) is 0 Å². The van der Waals surface area contributed by atoms with Crippen molar-refractivity contribution >= 4 is 5.97 Å². The molecular weight excluding hydrogens is 456 g/mol. The van der Waals surface area contributed by atoms with Gasteiger partial charge in [-0.25, -0.2) is 9.18 Å². The highest BCUT2D eigenvalue weighted by Gasteiger charge is 2.34. The van der Waals surface area contributed by atoms with Gasteiger partial charge in [0.25, 0.3) is 0 Å². The summed E-state index contributed by atoms with van der Waals surface area (Å²) >= 11 is 0. The lowest BCUT2D eigenvalue weighted by atomic mass is 9.68. The van der Waals surface area contributed by atoms with Crippen molar-refractivity contribution < 1.29 is 27.1 Å². The summed E-state index contributed by atoms with van der Waals surface area (Å²) in [6.07, 6.45) is 8.30. The van der Waals surface area contributed by atoms with Crippen molar-refractivity contribution in [2.45, 2.75) is 83.2 Å². The van der Waals surface area contributed by atoms with E-state index in [1.165, 1.54) is 56.9 Å². The molecule has 0 spiro atoms. The lowest BCUT2D eigenvalue weighted by molar-refractivity contribution is -0.140. The van der Waals surface area contributed by atoms with E-state index in [9.17, 15) is 22.4 Å². The minimum Gasteiger partial charge on any atom is -0.423 e. The van der Waals surface area contributed by atoms with Gasteiger partial charge < -0.3 is 4.74 Å². The third kappa shape index (κ3) is 6.45. The van der Waals surface area contributed by atoms with Gasteiger partial charge in [0.2, 0.25) is 0 Å². The molecule has 2 aliphatic carbocycles. The second kappa shape index (κ2) is 11.1. The van der Waals surface area contributed by atoms with Gasteiger partial charge in [0.1, 0.15) is 11.6 Å². The minimum atomic E-state index is -4.80. The number of carbonyl (C=O) groups excluding carboxylic acids is 1. The first kappa shape index (κ1) is 25.7. The normalized spacial score (nSPS) is 25.3. The minimum absolute atomic E-state index is 0.258. The summed E-state index contributed by atoms with van der Waals surface area (Å²) in [7, 11) is 0. The Labute approximate surface area is 205 Å². The van der Waals surface area contributed by atoms with Crippen LogP contribution < -0.4 is 4.74 Å². The van der Waals surface area contributed by atoms with E-state index in [1.54, 1.807) is 12.1 Å². The Bertz CT molecular complexity index is 983. The Morgan fingerprint density at radius 2 is 1.49 bits per heavy atom. The van der Waals surface area contributed by atoms with Crippen molar-refractivity contribution in [1.29, 1.82) is 0 Å². The zero-order valence-electron chi connectivity index (χ0n) is 20.3. The number of hydrogen-bond acceptors (Lipinski definition) is 2. The van der Waals surface area contributed by atoms with Crippen LogP contribution in [0.15, 0.2) is 42.5 Å². The summed E-state index contributed by atoms with van der Waals surface area (Å²) in [4.78, 5) is 12.4. The number of carbonyl (C=O) groups is 1. The van der Waals surface area contributed by atoms with Gasteiger partial charge in [-0.1, -0.05) is 44.7 Å². The number of halogens is 4. The summed E-state index contributed by atoms with van der Waals surface area (Å²) in [6, 6.07) is 9.35. The first-order chi connectivity index (χ1) is 16.7. The smallest absolute Gasteiger partial charge is 0.419 e. The summed E-state index contributed by atoms with van der Waals surface area (Å²) in [5, 5.41) is 0. The fourth-order valence-electron chi connectivity index (χ4n) is 6.13. The van der Waals surface area contributed by atoms with Gasteiger partial charge in [-0.15, -0.1) is 0 Å². The molecule has 190 valence electrons. The Morgan fingerprint density at radius 3 is 2.03 bits per heavy atom. The van der Waals surface area contributed by atoms with Crippen LogP contribution in [-0.4, -0.2) is 5.97 Å². The topological polar surface area (TPSA) is 26.3 Å². The van der Waals surface area contributed by atoms with Crippen molar-refractivity contribution in [3.8, 4) is 5.75 Å². The van der Waals surface area contributed by atoms with Crippen molar-refractivity contribution in [3.05, 3.63) is 65.0 Å². The van der Waals surface area contributed by atoms with Gasteiger partial charge in [0.05, 0.1) is 11.1 Å². The molecule has 0 aromatic heterocycles. The van der Waals surface area contributed by atoms with Crippen LogP contribution in [-0.2, 0) is 6.18 Å². The highest BCUT2D eigenvalue weighted by atomic mass is 19.4. The van der Waals surface area contributed by atoms with E-state index >= 15 is 0 Å². The van der Waals surface area contributed by atoms with Crippen LogP contribution in [0.5, 0.6) is 5.75 Å². The van der Waals surface area contributed by atoms with Gasteiger partial charge in [0, 0.05) is 6.07 Å². The third-order valence-corrected chi connectivity index (χ3v) is 8.10. The van der Waals surface area contributed by atoms with E-state index in [-0.39, 0.29) is 11.3 Å². The second-order valence-electron chi connectivity index (χ2n) is 10.3. The molecule has 0 heterocycles. The van der Waals surface area contributed by atoms with Crippen molar-refractivity contribution in [2.75, 3.05) is 0 Å². The molecular formula is C29H34F4O2.